The summed E-state index contributed by atoms with van der Waals surface area (Å²) in [6.45, 7) is 3.51. The third-order valence-corrected chi connectivity index (χ3v) is 3.52. The second-order valence-corrected chi connectivity index (χ2v) is 4.90. The molecule has 1 saturated heterocycles. The number of rotatable bonds is 4. The van der Waals surface area contributed by atoms with Crippen LogP contribution in [0.25, 0.3) is 0 Å². The average molecular weight is 263 g/mol. The lowest BCUT2D eigenvalue weighted by Gasteiger charge is -2.32. The van der Waals surface area contributed by atoms with Crippen LogP contribution in [0, 0.1) is 0 Å². The van der Waals surface area contributed by atoms with Crippen LogP contribution in [-0.2, 0) is 0 Å². The van der Waals surface area contributed by atoms with E-state index >= 15 is 0 Å². The molecule has 0 spiro atoms. The maximum atomic E-state index is 12.0. The molecular weight excluding hydrogens is 242 g/mol. The second kappa shape index (κ2) is 6.54. The monoisotopic (exact) mass is 263 g/mol. The van der Waals surface area contributed by atoms with E-state index in [4.69, 9.17) is 5.73 Å². The smallest absolute Gasteiger partial charge is 0.255 e. The highest BCUT2D eigenvalue weighted by atomic mass is 16.3. The zero-order chi connectivity index (χ0) is 13.7. The van der Waals surface area contributed by atoms with Crippen LogP contribution in [0.2, 0.25) is 0 Å². The van der Waals surface area contributed by atoms with E-state index < -0.39 is 0 Å². The quantitative estimate of drug-likeness (QED) is 0.741. The van der Waals surface area contributed by atoms with Gasteiger partial charge in [0, 0.05) is 32.2 Å². The number of hydrogen-bond acceptors (Lipinski definition) is 4. The van der Waals surface area contributed by atoms with E-state index in [0.717, 1.165) is 32.5 Å². The summed E-state index contributed by atoms with van der Waals surface area (Å²) in [5.41, 5.74) is 5.87. The molecule has 1 heterocycles. The summed E-state index contributed by atoms with van der Waals surface area (Å²) in [5.74, 6) is -0.170. The van der Waals surface area contributed by atoms with Crippen molar-refractivity contribution in [2.24, 2.45) is 5.73 Å². The number of carbonyl (C=O) groups excluding carboxylic acids is 1. The van der Waals surface area contributed by atoms with Crippen LogP contribution in [0.15, 0.2) is 24.3 Å². The lowest BCUT2D eigenvalue weighted by Crippen LogP contribution is -2.45. The molecule has 0 bridgehead atoms. The molecule has 2 rings (SSSR count). The number of nitrogens with zero attached hydrogens (tertiary/aromatic N) is 1. The molecule has 104 valence electrons. The number of likely N-dealkylation sites (tertiary alicyclic amines) is 1. The number of nitrogens with two attached hydrogens (primary N) is 1. The van der Waals surface area contributed by atoms with Gasteiger partial charge in [-0.2, -0.15) is 0 Å². The standard InChI is InChI=1S/C14H21N3O2/c15-7-10-17-8-5-11(6-9-17)16-14(19)12-3-1-2-4-13(12)18/h1-4,11,18H,5-10,15H2,(H,16,19). The second-order valence-electron chi connectivity index (χ2n) is 4.90. The Morgan fingerprint density at radius 2 is 2.05 bits per heavy atom. The SMILES string of the molecule is NCCN1CCC(NC(=O)c2ccccc2O)CC1. The van der Waals surface area contributed by atoms with E-state index in [9.17, 15) is 9.90 Å². The van der Waals surface area contributed by atoms with Gasteiger partial charge in [0.15, 0.2) is 0 Å². The minimum Gasteiger partial charge on any atom is -0.507 e. The summed E-state index contributed by atoms with van der Waals surface area (Å²) >= 11 is 0. The summed E-state index contributed by atoms with van der Waals surface area (Å²) in [6, 6.07) is 6.80. The molecule has 19 heavy (non-hydrogen) atoms. The number of piperidine rings is 1. The third kappa shape index (κ3) is 3.68. The van der Waals surface area contributed by atoms with Crippen molar-refractivity contribution in [3.63, 3.8) is 0 Å². The van der Waals surface area contributed by atoms with Crippen LogP contribution >= 0.6 is 0 Å². The van der Waals surface area contributed by atoms with Gasteiger partial charge in [0.1, 0.15) is 5.75 Å². The zero-order valence-electron chi connectivity index (χ0n) is 11.0. The van der Waals surface area contributed by atoms with Crippen molar-refractivity contribution in [2.75, 3.05) is 26.2 Å². The number of hydrogen-bond donors (Lipinski definition) is 3. The van der Waals surface area contributed by atoms with Crippen molar-refractivity contribution in [1.82, 2.24) is 10.2 Å². The first kappa shape index (κ1) is 13.8. The molecule has 0 aliphatic carbocycles. The first-order chi connectivity index (χ1) is 9.20. The molecule has 1 aliphatic rings. The van der Waals surface area contributed by atoms with Crippen molar-refractivity contribution >= 4 is 5.91 Å². The zero-order valence-corrected chi connectivity index (χ0v) is 11.0. The molecule has 1 fully saturated rings. The lowest BCUT2D eigenvalue weighted by atomic mass is 10.0. The van der Waals surface area contributed by atoms with Gasteiger partial charge in [-0.05, 0) is 25.0 Å². The van der Waals surface area contributed by atoms with E-state index in [1.165, 1.54) is 6.07 Å². The fraction of sp³-hybridized carbons (Fsp3) is 0.500. The highest BCUT2D eigenvalue weighted by molar-refractivity contribution is 5.96. The van der Waals surface area contributed by atoms with Gasteiger partial charge in [-0.15, -0.1) is 0 Å². The number of amides is 1. The van der Waals surface area contributed by atoms with Crippen LogP contribution in [0.1, 0.15) is 23.2 Å². The normalized spacial score (nSPS) is 17.3. The minimum absolute atomic E-state index is 0.0283. The number of benzene rings is 1. The van der Waals surface area contributed by atoms with Crippen LogP contribution in [0.3, 0.4) is 0 Å². The molecule has 1 amide bonds. The van der Waals surface area contributed by atoms with Crippen molar-refractivity contribution in [1.29, 1.82) is 0 Å². The van der Waals surface area contributed by atoms with Gasteiger partial charge in [-0.1, -0.05) is 12.1 Å². The molecule has 1 aromatic carbocycles. The van der Waals surface area contributed by atoms with Crippen LogP contribution < -0.4 is 11.1 Å². The van der Waals surface area contributed by atoms with Crippen molar-refractivity contribution in [2.45, 2.75) is 18.9 Å². The maximum absolute atomic E-state index is 12.0. The Kier molecular flexibility index (Phi) is 4.76. The highest BCUT2D eigenvalue weighted by Crippen LogP contribution is 2.17. The molecule has 0 atom stereocenters. The lowest BCUT2D eigenvalue weighted by molar-refractivity contribution is 0.0909. The summed E-state index contributed by atoms with van der Waals surface area (Å²) < 4.78 is 0. The van der Waals surface area contributed by atoms with Crippen molar-refractivity contribution in [3.8, 4) is 5.75 Å². The first-order valence-corrected chi connectivity index (χ1v) is 6.72. The van der Waals surface area contributed by atoms with E-state index in [-0.39, 0.29) is 17.7 Å². The topological polar surface area (TPSA) is 78.6 Å². The van der Waals surface area contributed by atoms with E-state index in [2.05, 4.69) is 10.2 Å². The number of nitrogens with one attached hydrogen (secondary N) is 1. The molecule has 0 unspecified atom stereocenters. The van der Waals surface area contributed by atoms with Crippen molar-refractivity contribution < 1.29 is 9.90 Å². The molecule has 1 aromatic rings. The minimum atomic E-state index is -0.199. The van der Waals surface area contributed by atoms with Gasteiger partial charge in [-0.25, -0.2) is 0 Å². The van der Waals surface area contributed by atoms with Gasteiger partial charge < -0.3 is 21.1 Å². The van der Waals surface area contributed by atoms with Crippen LogP contribution in [0.4, 0.5) is 0 Å². The Hall–Kier alpha value is -1.59. The summed E-state index contributed by atoms with van der Waals surface area (Å²) in [7, 11) is 0. The average Bonchev–Trinajstić information content (AvgIpc) is 2.42. The largest absolute Gasteiger partial charge is 0.507 e. The number of phenolic OH excluding ortho intramolecular Hbond substituents is 1. The third-order valence-electron chi connectivity index (χ3n) is 3.52. The van der Waals surface area contributed by atoms with E-state index in [0.29, 0.717) is 12.1 Å². The predicted octanol–water partition coefficient (Wildman–Crippen LogP) is 0.545. The van der Waals surface area contributed by atoms with E-state index in [1.54, 1.807) is 18.2 Å². The Balaban J connectivity index is 1.86. The number of aromatic hydroxyl groups is 1. The Morgan fingerprint density at radius 1 is 1.37 bits per heavy atom. The van der Waals surface area contributed by atoms with E-state index in [1.807, 2.05) is 0 Å². The van der Waals surface area contributed by atoms with Crippen molar-refractivity contribution in [3.05, 3.63) is 29.8 Å². The first-order valence-electron chi connectivity index (χ1n) is 6.72. The van der Waals surface area contributed by atoms with Crippen LogP contribution in [-0.4, -0.2) is 48.1 Å². The molecular formula is C14H21N3O2. The molecule has 5 nitrogen and oxygen atoms in total. The molecule has 5 heteroatoms. The van der Waals surface area contributed by atoms with Gasteiger partial charge in [0.05, 0.1) is 5.56 Å². The Labute approximate surface area is 113 Å². The number of carbonyl (C=O) groups is 1. The predicted molar refractivity (Wildman–Crippen MR) is 74.1 cm³/mol. The van der Waals surface area contributed by atoms with Gasteiger partial charge in [0.2, 0.25) is 0 Å². The maximum Gasteiger partial charge on any atom is 0.255 e. The molecule has 0 saturated carbocycles. The molecule has 0 radical (unpaired) electrons. The molecule has 1 aliphatic heterocycles. The summed E-state index contributed by atoms with van der Waals surface area (Å²) in [6.07, 6.45) is 1.86. The van der Waals surface area contributed by atoms with Gasteiger partial charge >= 0.3 is 0 Å². The van der Waals surface area contributed by atoms with Crippen LogP contribution in [0.5, 0.6) is 5.75 Å². The van der Waals surface area contributed by atoms with Gasteiger partial charge in [-0.3, -0.25) is 4.79 Å². The highest BCUT2D eigenvalue weighted by Gasteiger charge is 2.21. The fourth-order valence-corrected chi connectivity index (χ4v) is 2.41. The molecule has 0 aromatic heterocycles. The number of para-hydroxylation sites is 1. The summed E-state index contributed by atoms with van der Waals surface area (Å²) in [4.78, 5) is 14.3. The Bertz CT molecular complexity index is 428. The Morgan fingerprint density at radius 3 is 2.68 bits per heavy atom. The van der Waals surface area contributed by atoms with Gasteiger partial charge in [0.25, 0.3) is 5.91 Å². The summed E-state index contributed by atoms with van der Waals surface area (Å²) in [5, 5.41) is 12.6. The number of phenols is 1. The fourth-order valence-electron chi connectivity index (χ4n) is 2.41. The molecule has 4 N–H and O–H groups in total.